The van der Waals surface area contributed by atoms with Gasteiger partial charge in [0.05, 0.1) is 32.1 Å². The maximum absolute atomic E-state index is 13.1. The second kappa shape index (κ2) is 25.5. The highest BCUT2D eigenvalue weighted by molar-refractivity contribution is 7.91. The first-order valence-electron chi connectivity index (χ1n) is 22.1. The standard InChI is InChI=1S/2C25H28N2O7S/c2*1-2-3-17-33-21-9-11-22(12-10-21)35(31,32)19-25(23(28)26-30)13-15-27(16-14-25)24(29)34-18-20-7-5-4-6-8-20/h2*4-12,30H,13-19H2,1H3,(H,26,28). The summed E-state index contributed by atoms with van der Waals surface area (Å²) in [5.41, 5.74) is 2.11. The number of hydrogen-bond donors (Lipinski definition) is 4. The van der Waals surface area contributed by atoms with Gasteiger partial charge in [-0.15, -0.1) is 11.8 Å². The summed E-state index contributed by atoms with van der Waals surface area (Å²) in [6.45, 7) is 4.42. The number of benzene rings is 4. The van der Waals surface area contributed by atoms with E-state index in [0.29, 0.717) is 11.5 Å². The van der Waals surface area contributed by atoms with Crippen molar-refractivity contribution in [3.8, 4) is 35.2 Å². The van der Waals surface area contributed by atoms with E-state index in [2.05, 4.69) is 23.7 Å². The first kappa shape index (κ1) is 53.8. The zero-order chi connectivity index (χ0) is 50.6. The van der Waals surface area contributed by atoms with E-state index in [-0.39, 0.29) is 88.1 Å². The Labute approximate surface area is 408 Å². The molecule has 4 N–H and O–H groups in total. The lowest BCUT2D eigenvalue weighted by Gasteiger charge is -2.39. The van der Waals surface area contributed by atoms with Gasteiger partial charge in [0.1, 0.15) is 37.9 Å². The molecule has 2 heterocycles. The Bertz CT molecular complexity index is 2550. The van der Waals surface area contributed by atoms with Crippen molar-refractivity contribution in [2.24, 2.45) is 10.8 Å². The number of carbonyl (C=O) groups excluding carboxylic acids is 4. The first-order chi connectivity index (χ1) is 33.6. The molecule has 0 radical (unpaired) electrons. The van der Waals surface area contributed by atoms with Gasteiger partial charge in [0.2, 0.25) is 0 Å². The minimum atomic E-state index is -3.89. The number of piperidine rings is 2. The third-order valence-electron chi connectivity index (χ3n) is 11.8. The normalized spacial score (nSPS) is 14.9. The van der Waals surface area contributed by atoms with Crippen LogP contribution in [0.25, 0.3) is 0 Å². The van der Waals surface area contributed by atoms with Crippen LogP contribution in [0.15, 0.2) is 119 Å². The molecule has 0 aromatic heterocycles. The SMILES string of the molecule is CC#CCOc1ccc(S(=O)(=O)CC2(C(=O)NO)CCN(C(=O)OCc3ccccc3)CC2)cc1.CC#CCOc1ccc(S(=O)(=O)CC2(C(=O)NO)CCN(C(=O)OCc3ccccc3)CC2)cc1. The first-order valence-corrected chi connectivity index (χ1v) is 25.4. The number of hydrogen-bond acceptors (Lipinski definition) is 14. The van der Waals surface area contributed by atoms with Crippen molar-refractivity contribution in [1.29, 1.82) is 0 Å². The number of rotatable bonds is 16. The second-order valence-corrected chi connectivity index (χ2v) is 20.4. The van der Waals surface area contributed by atoms with Crippen LogP contribution in [-0.4, -0.2) is 112 Å². The molecule has 4 aromatic rings. The molecule has 4 aromatic carbocycles. The van der Waals surface area contributed by atoms with E-state index < -0.39 is 66.0 Å². The summed E-state index contributed by atoms with van der Waals surface area (Å²) >= 11 is 0. The van der Waals surface area contributed by atoms with Crippen LogP contribution in [0.3, 0.4) is 0 Å². The number of carbonyl (C=O) groups is 4. The van der Waals surface area contributed by atoms with E-state index in [9.17, 15) is 46.4 Å². The molecule has 18 nitrogen and oxygen atoms in total. The van der Waals surface area contributed by atoms with Gasteiger partial charge in [-0.2, -0.15) is 0 Å². The highest BCUT2D eigenvalue weighted by atomic mass is 32.2. The van der Waals surface area contributed by atoms with Crippen molar-refractivity contribution in [2.75, 3.05) is 50.9 Å². The molecule has 0 spiro atoms. The van der Waals surface area contributed by atoms with Gasteiger partial charge in [-0.3, -0.25) is 20.0 Å². The van der Waals surface area contributed by atoms with Crippen LogP contribution in [0.2, 0.25) is 0 Å². The second-order valence-electron chi connectivity index (χ2n) is 16.4. The van der Waals surface area contributed by atoms with Crippen LogP contribution in [0, 0.1) is 34.5 Å². The average molecular weight is 1000 g/mol. The topological polar surface area (TPSA) is 244 Å². The van der Waals surface area contributed by atoms with Gasteiger partial charge < -0.3 is 28.7 Å². The summed E-state index contributed by atoms with van der Waals surface area (Å²) in [6.07, 6.45) is -0.881. The van der Waals surface area contributed by atoms with Crippen LogP contribution in [0.4, 0.5) is 9.59 Å². The number of sulfone groups is 2. The zero-order valence-electron chi connectivity index (χ0n) is 38.8. The number of hydroxylamine groups is 2. The Hall–Kier alpha value is -7.10. The molecule has 0 saturated carbocycles. The zero-order valence-corrected chi connectivity index (χ0v) is 40.4. The van der Waals surface area contributed by atoms with Gasteiger partial charge in [-0.05, 0) is 99.2 Å². The van der Waals surface area contributed by atoms with Gasteiger partial charge in [0.15, 0.2) is 19.7 Å². The molecule has 372 valence electrons. The highest BCUT2D eigenvalue weighted by Gasteiger charge is 2.47. The monoisotopic (exact) mass is 1000 g/mol. The summed E-state index contributed by atoms with van der Waals surface area (Å²) in [4.78, 5) is 53.1. The maximum Gasteiger partial charge on any atom is 0.410 e. The number of ether oxygens (including phenoxy) is 4. The predicted molar refractivity (Wildman–Crippen MR) is 254 cm³/mol. The van der Waals surface area contributed by atoms with Crippen LogP contribution in [-0.2, 0) is 52.0 Å². The van der Waals surface area contributed by atoms with E-state index in [1.165, 1.54) is 58.3 Å². The van der Waals surface area contributed by atoms with Crippen LogP contribution < -0.4 is 20.4 Å². The Kier molecular flexibility index (Phi) is 19.6. The Balaban J connectivity index is 0.000000261. The largest absolute Gasteiger partial charge is 0.481 e. The van der Waals surface area contributed by atoms with E-state index in [1.54, 1.807) is 24.8 Å². The van der Waals surface area contributed by atoms with Crippen LogP contribution >= 0.6 is 0 Å². The quantitative estimate of drug-likeness (QED) is 0.0609. The Morgan fingerprint density at radius 2 is 0.871 bits per heavy atom. The van der Waals surface area contributed by atoms with Crippen molar-refractivity contribution >= 4 is 43.7 Å². The van der Waals surface area contributed by atoms with Crippen LogP contribution in [0.5, 0.6) is 11.5 Å². The van der Waals surface area contributed by atoms with Crippen molar-refractivity contribution in [3.05, 3.63) is 120 Å². The highest BCUT2D eigenvalue weighted by Crippen LogP contribution is 2.37. The minimum Gasteiger partial charge on any atom is -0.481 e. The molecule has 2 saturated heterocycles. The molecule has 2 aliphatic rings. The van der Waals surface area contributed by atoms with E-state index >= 15 is 0 Å². The Morgan fingerprint density at radius 1 is 0.543 bits per heavy atom. The van der Waals surface area contributed by atoms with Gasteiger partial charge in [-0.1, -0.05) is 72.5 Å². The maximum atomic E-state index is 13.1. The molecule has 70 heavy (non-hydrogen) atoms. The summed E-state index contributed by atoms with van der Waals surface area (Å²) in [6, 6.07) is 30.2. The Morgan fingerprint density at radius 3 is 1.17 bits per heavy atom. The number of amides is 4. The molecule has 20 heteroatoms. The van der Waals surface area contributed by atoms with Gasteiger partial charge in [0.25, 0.3) is 11.8 Å². The smallest absolute Gasteiger partial charge is 0.410 e. The summed E-state index contributed by atoms with van der Waals surface area (Å²) in [5, 5.41) is 18.6. The molecular weight excluding hydrogens is 945 g/mol. The predicted octanol–water partition coefficient (Wildman–Crippen LogP) is 5.57. The fraction of sp³-hybridized carbons (Fsp3) is 0.360. The average Bonchev–Trinajstić information content (AvgIpc) is 3.38. The molecule has 0 atom stereocenters. The van der Waals surface area contributed by atoms with Crippen LogP contribution in [0.1, 0.15) is 50.7 Å². The lowest BCUT2D eigenvalue weighted by molar-refractivity contribution is -0.141. The van der Waals surface area contributed by atoms with Gasteiger partial charge >= 0.3 is 12.2 Å². The van der Waals surface area contributed by atoms with E-state index in [0.717, 1.165) is 11.1 Å². The molecule has 0 bridgehead atoms. The minimum absolute atomic E-state index is 0.0289. The third-order valence-corrected chi connectivity index (χ3v) is 15.7. The van der Waals surface area contributed by atoms with E-state index in [4.69, 9.17) is 18.9 Å². The van der Waals surface area contributed by atoms with Crippen molar-refractivity contribution in [2.45, 2.75) is 62.5 Å². The fourth-order valence-corrected chi connectivity index (χ4v) is 11.5. The molecule has 4 amide bonds. The summed E-state index contributed by atoms with van der Waals surface area (Å²) in [5.74, 6) is 9.23. The molecule has 2 fully saturated rings. The third kappa shape index (κ3) is 14.9. The lowest BCUT2D eigenvalue weighted by atomic mass is 9.79. The molecule has 0 aliphatic carbocycles. The summed E-state index contributed by atoms with van der Waals surface area (Å²) < 4.78 is 74.1. The van der Waals surface area contributed by atoms with Crippen molar-refractivity contribution in [3.63, 3.8) is 0 Å². The van der Waals surface area contributed by atoms with Gasteiger partial charge in [-0.25, -0.2) is 37.4 Å². The molecular formula is C50H56N4O14S2. The van der Waals surface area contributed by atoms with Crippen molar-refractivity contribution in [1.82, 2.24) is 20.8 Å². The fourth-order valence-electron chi connectivity index (χ4n) is 7.73. The lowest BCUT2D eigenvalue weighted by Crippen LogP contribution is -2.52. The van der Waals surface area contributed by atoms with Gasteiger partial charge in [0, 0.05) is 26.2 Å². The number of nitrogens with zero attached hydrogens (tertiary/aromatic N) is 2. The van der Waals surface area contributed by atoms with Crippen molar-refractivity contribution < 1.29 is 65.4 Å². The molecule has 2 aliphatic heterocycles. The number of nitrogens with one attached hydrogen (secondary N) is 2. The molecule has 0 unspecified atom stereocenters. The number of likely N-dealkylation sites (tertiary alicyclic amines) is 2. The van der Waals surface area contributed by atoms with E-state index in [1.807, 2.05) is 60.7 Å². The molecule has 6 rings (SSSR count). The summed E-state index contributed by atoms with van der Waals surface area (Å²) in [7, 11) is -7.78.